The Morgan fingerprint density at radius 2 is 2.00 bits per heavy atom. The number of hydrogen-bond acceptors (Lipinski definition) is 4. The normalized spacial score (nSPS) is 13.8. The van der Waals surface area contributed by atoms with Gasteiger partial charge in [0.15, 0.2) is 5.03 Å². The van der Waals surface area contributed by atoms with E-state index in [1.807, 2.05) is 6.92 Å². The van der Waals surface area contributed by atoms with Crippen molar-refractivity contribution >= 4 is 15.9 Å². The highest BCUT2D eigenvalue weighted by Gasteiger charge is 2.31. The van der Waals surface area contributed by atoms with E-state index in [1.54, 1.807) is 11.6 Å². The maximum Gasteiger partial charge on any atom is 0.417 e. The minimum absolute atomic E-state index is 0.000708. The highest BCUT2D eigenvalue weighted by molar-refractivity contribution is 7.90. The molecule has 0 aromatic carbocycles. The van der Waals surface area contributed by atoms with E-state index in [0.29, 0.717) is 24.8 Å². The van der Waals surface area contributed by atoms with Crippen molar-refractivity contribution in [1.82, 2.24) is 9.71 Å². The van der Waals surface area contributed by atoms with Gasteiger partial charge >= 0.3 is 6.18 Å². The number of alkyl halides is 3. The molecule has 21 heavy (non-hydrogen) atoms. The van der Waals surface area contributed by atoms with E-state index in [-0.39, 0.29) is 12.3 Å². The Hall–Kier alpha value is -1.64. The van der Waals surface area contributed by atoms with Crippen LogP contribution >= 0.6 is 0 Å². The van der Waals surface area contributed by atoms with Crippen molar-refractivity contribution in [2.75, 3.05) is 0 Å². The fourth-order valence-electron chi connectivity index (χ4n) is 1.41. The van der Waals surface area contributed by atoms with Crippen LogP contribution in [-0.4, -0.2) is 19.3 Å². The summed E-state index contributed by atoms with van der Waals surface area (Å²) in [6.07, 6.45) is -3.48. The average Bonchev–Trinajstić information content (AvgIpc) is 2.37. The molecule has 0 aliphatic heterocycles. The van der Waals surface area contributed by atoms with Gasteiger partial charge in [0.25, 0.3) is 10.0 Å². The van der Waals surface area contributed by atoms with E-state index in [9.17, 15) is 26.4 Å². The van der Waals surface area contributed by atoms with Gasteiger partial charge in [-0.25, -0.2) is 9.71 Å². The lowest BCUT2D eigenvalue weighted by Gasteiger charge is -2.10. The van der Waals surface area contributed by atoms with Crippen molar-refractivity contribution in [3.05, 3.63) is 23.9 Å². The Morgan fingerprint density at radius 3 is 2.43 bits per heavy atom. The molecule has 9 heteroatoms. The standard InChI is InChI=1S/C12H15F3N2O3S/c1-3-8(2)6-10(18)17-21(19,20)11-5-4-9(7-16-11)12(13,14)15/h4-5,7-8H,3,6H2,1-2H3,(H,17,18)/t8-/m1/s1. The molecule has 1 N–H and O–H groups in total. The first-order valence-electron chi connectivity index (χ1n) is 6.15. The third-order valence-corrected chi connectivity index (χ3v) is 4.11. The van der Waals surface area contributed by atoms with Crippen LogP contribution in [0.2, 0.25) is 0 Å². The fourth-order valence-corrected chi connectivity index (χ4v) is 2.34. The number of hydrogen-bond donors (Lipinski definition) is 1. The molecule has 0 bridgehead atoms. The molecule has 0 aliphatic carbocycles. The maximum absolute atomic E-state index is 12.3. The van der Waals surface area contributed by atoms with Crippen LogP contribution in [0.5, 0.6) is 0 Å². The van der Waals surface area contributed by atoms with Crippen molar-refractivity contribution in [1.29, 1.82) is 0 Å². The van der Waals surface area contributed by atoms with Crippen molar-refractivity contribution in [3.63, 3.8) is 0 Å². The first-order chi connectivity index (χ1) is 9.56. The Balaban J connectivity index is 2.86. The molecule has 0 aliphatic rings. The Labute approximate surface area is 120 Å². The molecular weight excluding hydrogens is 309 g/mol. The van der Waals surface area contributed by atoms with Crippen molar-refractivity contribution in [2.45, 2.75) is 37.9 Å². The Kier molecular flexibility index (Phi) is 5.32. The van der Waals surface area contributed by atoms with Crippen LogP contribution < -0.4 is 4.72 Å². The zero-order valence-corrected chi connectivity index (χ0v) is 12.3. The fraction of sp³-hybridized carbons (Fsp3) is 0.500. The summed E-state index contributed by atoms with van der Waals surface area (Å²) in [5.41, 5.74) is -1.06. The summed E-state index contributed by atoms with van der Waals surface area (Å²) < 4.78 is 62.4. The molecule has 1 amide bonds. The van der Waals surface area contributed by atoms with Crippen LogP contribution in [0.4, 0.5) is 13.2 Å². The molecule has 1 heterocycles. The molecule has 1 rings (SSSR count). The lowest BCUT2D eigenvalue weighted by molar-refractivity contribution is -0.137. The van der Waals surface area contributed by atoms with E-state index >= 15 is 0 Å². The lowest BCUT2D eigenvalue weighted by atomic mass is 10.1. The van der Waals surface area contributed by atoms with E-state index in [2.05, 4.69) is 4.98 Å². The highest BCUT2D eigenvalue weighted by Crippen LogP contribution is 2.28. The maximum atomic E-state index is 12.3. The largest absolute Gasteiger partial charge is 0.417 e. The second-order valence-electron chi connectivity index (χ2n) is 4.63. The van der Waals surface area contributed by atoms with Gasteiger partial charge in [0.1, 0.15) is 0 Å². The number of aromatic nitrogens is 1. The van der Waals surface area contributed by atoms with Crippen LogP contribution in [0.3, 0.4) is 0 Å². The molecule has 0 radical (unpaired) electrons. The minimum atomic E-state index is -4.60. The predicted octanol–water partition coefficient (Wildman–Crippen LogP) is 2.34. The molecular formula is C12H15F3N2O3S. The Morgan fingerprint density at radius 1 is 1.38 bits per heavy atom. The van der Waals surface area contributed by atoms with Gasteiger partial charge < -0.3 is 0 Å². The van der Waals surface area contributed by atoms with Crippen LogP contribution in [0.1, 0.15) is 32.3 Å². The predicted molar refractivity (Wildman–Crippen MR) is 68.6 cm³/mol. The molecule has 0 saturated heterocycles. The monoisotopic (exact) mass is 324 g/mol. The summed E-state index contributed by atoms with van der Waals surface area (Å²) >= 11 is 0. The first-order valence-corrected chi connectivity index (χ1v) is 7.63. The average molecular weight is 324 g/mol. The van der Waals surface area contributed by atoms with E-state index < -0.39 is 32.7 Å². The SMILES string of the molecule is CC[C@@H](C)CC(=O)NS(=O)(=O)c1ccc(C(F)(F)F)cn1. The quantitative estimate of drug-likeness (QED) is 0.902. The van der Waals surface area contributed by atoms with Gasteiger partial charge in [-0.1, -0.05) is 20.3 Å². The zero-order valence-electron chi connectivity index (χ0n) is 11.4. The van der Waals surface area contributed by atoms with Crippen LogP contribution in [-0.2, 0) is 21.0 Å². The lowest BCUT2D eigenvalue weighted by Crippen LogP contribution is -2.32. The number of rotatable bonds is 5. The molecule has 0 spiro atoms. The molecule has 0 unspecified atom stereocenters. The second kappa shape index (κ2) is 6.42. The van der Waals surface area contributed by atoms with Crippen LogP contribution in [0, 0.1) is 5.92 Å². The second-order valence-corrected chi connectivity index (χ2v) is 6.26. The van der Waals surface area contributed by atoms with Crippen LogP contribution in [0.25, 0.3) is 0 Å². The van der Waals surface area contributed by atoms with E-state index in [0.717, 1.165) is 0 Å². The van der Waals surface area contributed by atoms with Gasteiger partial charge in [-0.05, 0) is 18.1 Å². The molecule has 5 nitrogen and oxygen atoms in total. The van der Waals surface area contributed by atoms with Gasteiger partial charge in [-0.15, -0.1) is 0 Å². The third kappa shape index (κ3) is 5.00. The molecule has 0 fully saturated rings. The molecule has 1 aromatic heterocycles. The van der Waals surface area contributed by atoms with Gasteiger partial charge in [0.05, 0.1) is 5.56 Å². The van der Waals surface area contributed by atoms with Gasteiger partial charge in [-0.2, -0.15) is 21.6 Å². The molecule has 118 valence electrons. The van der Waals surface area contributed by atoms with Gasteiger partial charge in [0, 0.05) is 12.6 Å². The van der Waals surface area contributed by atoms with Crippen molar-refractivity contribution in [2.24, 2.45) is 5.92 Å². The summed E-state index contributed by atoms with van der Waals surface area (Å²) in [5, 5.41) is -0.631. The number of nitrogens with zero attached hydrogens (tertiary/aromatic N) is 1. The van der Waals surface area contributed by atoms with Crippen molar-refractivity contribution < 1.29 is 26.4 Å². The molecule has 1 aromatic rings. The van der Waals surface area contributed by atoms with E-state index in [1.165, 1.54) is 0 Å². The van der Waals surface area contributed by atoms with Crippen molar-refractivity contribution in [3.8, 4) is 0 Å². The summed E-state index contributed by atoms with van der Waals surface area (Å²) in [5.74, 6) is -0.716. The number of carbonyl (C=O) groups excluding carboxylic acids is 1. The highest BCUT2D eigenvalue weighted by atomic mass is 32.2. The zero-order chi connectivity index (χ0) is 16.3. The molecule has 1 atom stereocenters. The summed E-state index contributed by atoms with van der Waals surface area (Å²) in [6.45, 7) is 3.63. The number of halogens is 3. The first kappa shape index (κ1) is 17.4. The summed E-state index contributed by atoms with van der Waals surface area (Å²) in [4.78, 5) is 14.8. The van der Waals surface area contributed by atoms with Gasteiger partial charge in [-0.3, -0.25) is 4.79 Å². The summed E-state index contributed by atoms with van der Waals surface area (Å²) in [6, 6.07) is 1.31. The number of amides is 1. The third-order valence-electron chi connectivity index (χ3n) is 2.82. The number of pyridine rings is 1. The number of carbonyl (C=O) groups is 1. The smallest absolute Gasteiger partial charge is 0.274 e. The van der Waals surface area contributed by atoms with Gasteiger partial charge in [0.2, 0.25) is 5.91 Å². The minimum Gasteiger partial charge on any atom is -0.274 e. The number of nitrogens with one attached hydrogen (secondary N) is 1. The topological polar surface area (TPSA) is 76.1 Å². The Bertz CT molecular complexity index is 597. The molecule has 0 saturated carbocycles. The van der Waals surface area contributed by atoms with E-state index in [4.69, 9.17) is 0 Å². The van der Waals surface area contributed by atoms with Crippen LogP contribution in [0.15, 0.2) is 23.4 Å². The number of sulfonamides is 1. The summed E-state index contributed by atoms with van der Waals surface area (Å²) in [7, 11) is -4.25.